The summed E-state index contributed by atoms with van der Waals surface area (Å²) in [6, 6.07) is 1.65. The fraction of sp³-hybridized carbons (Fsp3) is 0.429. The van der Waals surface area contributed by atoms with Crippen molar-refractivity contribution in [1.29, 1.82) is 0 Å². The average Bonchev–Trinajstić information content (AvgIpc) is 2.80. The highest BCUT2D eigenvalue weighted by Gasteiger charge is 2.22. The molecular formula is C14H19NO4S. The lowest BCUT2D eigenvalue weighted by Gasteiger charge is -2.27. The number of rotatable bonds is 6. The van der Waals surface area contributed by atoms with Crippen LogP contribution >= 0.6 is 11.3 Å². The van der Waals surface area contributed by atoms with Gasteiger partial charge in [0.15, 0.2) is 0 Å². The minimum Gasteiger partial charge on any atom is -0.478 e. The molecule has 0 saturated heterocycles. The first kappa shape index (κ1) is 16.4. The summed E-state index contributed by atoms with van der Waals surface area (Å²) >= 11 is 1.31. The summed E-state index contributed by atoms with van der Waals surface area (Å²) in [7, 11) is 0. The Hall–Kier alpha value is -1.66. The standard InChI is InChI=1S/C14H19NO4S/c1-4-15(9-14(2,3)19)13(18)10-7-11(20-8-10)5-6-12(16)17/h5-8,19H,4,9H2,1-3H3,(H,16,17). The summed E-state index contributed by atoms with van der Waals surface area (Å²) in [5, 5.41) is 20.0. The van der Waals surface area contributed by atoms with Gasteiger partial charge in [-0.15, -0.1) is 11.3 Å². The van der Waals surface area contributed by atoms with Crippen LogP contribution in [0.3, 0.4) is 0 Å². The van der Waals surface area contributed by atoms with Crippen LogP contribution in [-0.4, -0.2) is 45.7 Å². The van der Waals surface area contributed by atoms with Crippen LogP contribution in [0.1, 0.15) is 36.0 Å². The Balaban J connectivity index is 2.83. The van der Waals surface area contributed by atoms with Gasteiger partial charge in [0.1, 0.15) is 0 Å². The third-order valence-electron chi connectivity index (χ3n) is 2.50. The van der Waals surface area contributed by atoms with E-state index in [1.165, 1.54) is 17.4 Å². The zero-order valence-corrected chi connectivity index (χ0v) is 12.6. The van der Waals surface area contributed by atoms with E-state index in [2.05, 4.69) is 0 Å². The van der Waals surface area contributed by atoms with Gasteiger partial charge in [0.2, 0.25) is 0 Å². The smallest absolute Gasteiger partial charge is 0.328 e. The van der Waals surface area contributed by atoms with Crippen LogP contribution in [0.4, 0.5) is 0 Å². The molecule has 5 nitrogen and oxygen atoms in total. The molecular weight excluding hydrogens is 278 g/mol. The molecule has 0 atom stereocenters. The maximum atomic E-state index is 12.3. The van der Waals surface area contributed by atoms with E-state index < -0.39 is 11.6 Å². The molecule has 1 aromatic heterocycles. The van der Waals surface area contributed by atoms with Crippen molar-refractivity contribution in [1.82, 2.24) is 4.90 Å². The highest BCUT2D eigenvalue weighted by Crippen LogP contribution is 2.19. The Morgan fingerprint density at radius 3 is 2.60 bits per heavy atom. The molecule has 0 radical (unpaired) electrons. The number of carboxylic acids is 1. The molecule has 110 valence electrons. The summed E-state index contributed by atoms with van der Waals surface area (Å²) < 4.78 is 0. The molecule has 0 unspecified atom stereocenters. The molecule has 0 aliphatic heterocycles. The van der Waals surface area contributed by atoms with Crippen molar-refractivity contribution in [2.45, 2.75) is 26.4 Å². The Kier molecular flexibility index (Phi) is 5.47. The molecule has 6 heteroatoms. The zero-order chi connectivity index (χ0) is 15.3. The van der Waals surface area contributed by atoms with Gasteiger partial charge >= 0.3 is 5.97 Å². The Morgan fingerprint density at radius 1 is 1.45 bits per heavy atom. The molecule has 1 amide bonds. The molecule has 1 rings (SSSR count). The third kappa shape index (κ3) is 5.14. The number of hydrogen-bond acceptors (Lipinski definition) is 4. The lowest BCUT2D eigenvalue weighted by molar-refractivity contribution is -0.131. The molecule has 0 aliphatic rings. The Bertz CT molecular complexity index is 513. The van der Waals surface area contributed by atoms with Gasteiger partial charge in [-0.05, 0) is 32.9 Å². The van der Waals surface area contributed by atoms with Gasteiger partial charge in [0.25, 0.3) is 5.91 Å². The predicted molar refractivity (Wildman–Crippen MR) is 78.9 cm³/mol. The number of likely N-dealkylation sites (N-methyl/N-ethyl adjacent to an activating group) is 1. The van der Waals surface area contributed by atoms with Gasteiger partial charge in [0.05, 0.1) is 11.2 Å². The van der Waals surface area contributed by atoms with E-state index in [1.807, 2.05) is 6.92 Å². The molecule has 0 bridgehead atoms. The molecule has 2 N–H and O–H groups in total. The van der Waals surface area contributed by atoms with E-state index in [9.17, 15) is 14.7 Å². The van der Waals surface area contributed by atoms with E-state index in [1.54, 1.807) is 30.2 Å². The number of aliphatic hydroxyl groups is 1. The maximum Gasteiger partial charge on any atom is 0.328 e. The second-order valence-corrected chi connectivity index (χ2v) is 5.98. The topological polar surface area (TPSA) is 77.8 Å². The van der Waals surface area contributed by atoms with Crippen LogP contribution in [0, 0.1) is 0 Å². The van der Waals surface area contributed by atoms with Gasteiger partial charge in [-0.1, -0.05) is 0 Å². The van der Waals surface area contributed by atoms with Crippen molar-refractivity contribution < 1.29 is 19.8 Å². The number of carbonyl (C=O) groups is 2. The normalized spacial score (nSPS) is 11.8. The van der Waals surface area contributed by atoms with Crippen LogP contribution in [0.15, 0.2) is 17.5 Å². The number of hydrogen-bond donors (Lipinski definition) is 2. The minimum atomic E-state index is -1.02. The van der Waals surface area contributed by atoms with Gasteiger partial charge in [-0.2, -0.15) is 0 Å². The highest BCUT2D eigenvalue weighted by atomic mass is 32.1. The second kappa shape index (κ2) is 6.67. The lowest BCUT2D eigenvalue weighted by Crippen LogP contribution is -2.42. The molecule has 20 heavy (non-hydrogen) atoms. The van der Waals surface area contributed by atoms with E-state index in [-0.39, 0.29) is 12.5 Å². The van der Waals surface area contributed by atoms with E-state index in [0.29, 0.717) is 17.0 Å². The summed E-state index contributed by atoms with van der Waals surface area (Å²) in [4.78, 5) is 25.0. The fourth-order valence-corrected chi connectivity index (χ4v) is 2.46. The van der Waals surface area contributed by atoms with Crippen LogP contribution in [0.5, 0.6) is 0 Å². The van der Waals surface area contributed by atoms with Crippen LogP contribution in [0.25, 0.3) is 6.08 Å². The summed E-state index contributed by atoms with van der Waals surface area (Å²) in [6.07, 6.45) is 2.49. The fourth-order valence-electron chi connectivity index (χ4n) is 1.68. The first-order valence-electron chi connectivity index (χ1n) is 6.24. The second-order valence-electron chi connectivity index (χ2n) is 5.04. The van der Waals surface area contributed by atoms with Crippen molar-refractivity contribution >= 4 is 29.3 Å². The van der Waals surface area contributed by atoms with Crippen LogP contribution < -0.4 is 0 Å². The van der Waals surface area contributed by atoms with E-state index >= 15 is 0 Å². The van der Waals surface area contributed by atoms with Crippen molar-refractivity contribution in [2.75, 3.05) is 13.1 Å². The summed E-state index contributed by atoms with van der Waals surface area (Å²) in [6.45, 7) is 5.90. The Labute approximate surface area is 122 Å². The Morgan fingerprint density at radius 2 is 2.10 bits per heavy atom. The molecule has 0 aliphatic carbocycles. The number of nitrogens with zero attached hydrogens (tertiary/aromatic N) is 1. The molecule has 1 heterocycles. The number of aliphatic carboxylic acids is 1. The monoisotopic (exact) mass is 297 g/mol. The number of amides is 1. The van der Waals surface area contributed by atoms with Crippen molar-refractivity contribution in [3.05, 3.63) is 28.0 Å². The highest BCUT2D eigenvalue weighted by molar-refractivity contribution is 7.11. The third-order valence-corrected chi connectivity index (χ3v) is 3.40. The maximum absolute atomic E-state index is 12.3. The summed E-state index contributed by atoms with van der Waals surface area (Å²) in [5.41, 5.74) is -0.445. The largest absolute Gasteiger partial charge is 0.478 e. The first-order valence-corrected chi connectivity index (χ1v) is 7.12. The van der Waals surface area contributed by atoms with Crippen molar-refractivity contribution in [3.8, 4) is 0 Å². The van der Waals surface area contributed by atoms with E-state index in [0.717, 1.165) is 6.08 Å². The quantitative estimate of drug-likeness (QED) is 0.788. The van der Waals surface area contributed by atoms with Crippen molar-refractivity contribution in [2.24, 2.45) is 0 Å². The number of thiophene rings is 1. The number of carboxylic acid groups (broad SMARTS) is 1. The van der Waals surface area contributed by atoms with Crippen LogP contribution in [-0.2, 0) is 4.79 Å². The van der Waals surface area contributed by atoms with Gasteiger partial charge in [0, 0.05) is 29.4 Å². The predicted octanol–water partition coefficient (Wildman–Crippen LogP) is 2.08. The SMILES string of the molecule is CCN(CC(C)(C)O)C(=O)c1csc(C=CC(=O)O)c1. The number of carbonyl (C=O) groups excluding carboxylic acids is 1. The first-order chi connectivity index (χ1) is 9.23. The van der Waals surface area contributed by atoms with E-state index in [4.69, 9.17) is 5.11 Å². The molecule has 0 fully saturated rings. The molecule has 0 aromatic carbocycles. The molecule has 0 saturated carbocycles. The van der Waals surface area contributed by atoms with Gasteiger partial charge < -0.3 is 15.1 Å². The zero-order valence-electron chi connectivity index (χ0n) is 11.8. The average molecular weight is 297 g/mol. The van der Waals surface area contributed by atoms with Crippen molar-refractivity contribution in [3.63, 3.8) is 0 Å². The minimum absolute atomic E-state index is 0.166. The molecule has 0 spiro atoms. The molecule has 1 aromatic rings. The summed E-state index contributed by atoms with van der Waals surface area (Å²) in [5.74, 6) is -1.19. The lowest BCUT2D eigenvalue weighted by atomic mass is 10.1. The van der Waals surface area contributed by atoms with Crippen LogP contribution in [0.2, 0.25) is 0 Å². The van der Waals surface area contributed by atoms with Gasteiger partial charge in [-0.3, -0.25) is 4.79 Å². The van der Waals surface area contributed by atoms with Gasteiger partial charge in [-0.25, -0.2) is 4.79 Å².